The number of aromatic hydroxyl groups is 1. The first-order valence-corrected chi connectivity index (χ1v) is 6.55. The Morgan fingerprint density at radius 2 is 2.00 bits per heavy atom. The number of rotatable bonds is 4. The zero-order chi connectivity index (χ0) is 15.4. The van der Waals surface area contributed by atoms with Crippen LogP contribution in [0.5, 0.6) is 11.5 Å². The van der Waals surface area contributed by atoms with Crippen LogP contribution in [-0.4, -0.2) is 18.1 Å². The molecule has 0 aliphatic carbocycles. The molecule has 0 aliphatic rings. The van der Waals surface area contributed by atoms with Gasteiger partial charge in [0, 0.05) is 11.3 Å². The molecule has 0 bridgehead atoms. The van der Waals surface area contributed by atoms with Gasteiger partial charge in [0.15, 0.2) is 0 Å². The van der Waals surface area contributed by atoms with Crippen LogP contribution in [0.1, 0.15) is 28.9 Å². The van der Waals surface area contributed by atoms with Crippen LogP contribution in [0.3, 0.4) is 0 Å². The fourth-order valence-electron chi connectivity index (χ4n) is 2.12. The van der Waals surface area contributed by atoms with Gasteiger partial charge in [-0.15, -0.1) is 0 Å². The van der Waals surface area contributed by atoms with Gasteiger partial charge in [-0.2, -0.15) is 0 Å². The van der Waals surface area contributed by atoms with Crippen LogP contribution in [0.15, 0.2) is 42.5 Å². The molecule has 0 saturated carbocycles. The van der Waals surface area contributed by atoms with Crippen molar-refractivity contribution in [3.63, 3.8) is 0 Å². The van der Waals surface area contributed by atoms with E-state index in [2.05, 4.69) is 5.32 Å². The van der Waals surface area contributed by atoms with E-state index < -0.39 is 0 Å². The molecule has 0 radical (unpaired) electrons. The van der Waals surface area contributed by atoms with E-state index in [4.69, 9.17) is 10.5 Å². The van der Waals surface area contributed by atoms with Crippen molar-refractivity contribution in [3.05, 3.63) is 53.6 Å². The summed E-state index contributed by atoms with van der Waals surface area (Å²) in [5.74, 6) is 0.357. The zero-order valence-corrected chi connectivity index (χ0v) is 12.0. The summed E-state index contributed by atoms with van der Waals surface area (Å²) < 4.78 is 5.28. The third-order valence-electron chi connectivity index (χ3n) is 3.23. The van der Waals surface area contributed by atoms with E-state index in [1.807, 2.05) is 31.2 Å². The lowest BCUT2D eigenvalue weighted by atomic mass is 10.1. The monoisotopic (exact) mass is 286 g/mol. The van der Waals surface area contributed by atoms with Crippen molar-refractivity contribution in [1.29, 1.82) is 0 Å². The molecule has 1 amide bonds. The highest BCUT2D eigenvalue weighted by Crippen LogP contribution is 2.25. The molecule has 5 heteroatoms. The summed E-state index contributed by atoms with van der Waals surface area (Å²) in [5, 5.41) is 12.3. The molecule has 4 N–H and O–H groups in total. The Kier molecular flexibility index (Phi) is 4.33. The highest BCUT2D eigenvalue weighted by molar-refractivity contribution is 5.99. The zero-order valence-electron chi connectivity index (χ0n) is 12.0. The number of carbonyl (C=O) groups excluding carboxylic acids is 1. The third kappa shape index (κ3) is 3.25. The van der Waals surface area contributed by atoms with E-state index in [0.717, 1.165) is 5.56 Å². The molecule has 0 aromatic heterocycles. The summed E-state index contributed by atoms with van der Waals surface area (Å²) in [6, 6.07) is 11.5. The Labute approximate surface area is 123 Å². The first kappa shape index (κ1) is 14.7. The summed E-state index contributed by atoms with van der Waals surface area (Å²) in [4.78, 5) is 12.3. The van der Waals surface area contributed by atoms with Gasteiger partial charge >= 0.3 is 0 Å². The Morgan fingerprint density at radius 1 is 1.29 bits per heavy atom. The minimum atomic E-state index is -0.346. The number of hydrogen-bond donors (Lipinski definition) is 3. The fourth-order valence-corrected chi connectivity index (χ4v) is 2.12. The second kappa shape index (κ2) is 6.17. The number of amides is 1. The SMILES string of the molecule is COc1ccccc1C(C)NC(=O)c1cc(O)ccc1N. The van der Waals surface area contributed by atoms with E-state index in [9.17, 15) is 9.90 Å². The molecule has 110 valence electrons. The van der Waals surface area contributed by atoms with Gasteiger partial charge in [0.1, 0.15) is 11.5 Å². The van der Waals surface area contributed by atoms with Gasteiger partial charge in [-0.3, -0.25) is 4.79 Å². The number of para-hydroxylation sites is 1. The second-order valence-corrected chi connectivity index (χ2v) is 4.71. The summed E-state index contributed by atoms with van der Waals surface area (Å²) in [5.41, 5.74) is 7.20. The van der Waals surface area contributed by atoms with Crippen LogP contribution >= 0.6 is 0 Å². The predicted octanol–water partition coefficient (Wildman–Crippen LogP) is 2.47. The average molecular weight is 286 g/mol. The van der Waals surface area contributed by atoms with Crippen molar-refractivity contribution >= 4 is 11.6 Å². The van der Waals surface area contributed by atoms with Crippen LogP contribution in [0.2, 0.25) is 0 Å². The quantitative estimate of drug-likeness (QED) is 0.595. The fraction of sp³-hybridized carbons (Fsp3) is 0.188. The van der Waals surface area contributed by atoms with Crippen LogP contribution in [0, 0.1) is 0 Å². The number of carbonyl (C=O) groups is 1. The van der Waals surface area contributed by atoms with E-state index in [0.29, 0.717) is 11.4 Å². The van der Waals surface area contributed by atoms with Crippen LogP contribution < -0.4 is 15.8 Å². The molecular weight excluding hydrogens is 268 g/mol. The molecule has 2 rings (SSSR count). The van der Waals surface area contributed by atoms with Crippen molar-refractivity contribution in [2.75, 3.05) is 12.8 Å². The molecule has 2 aromatic carbocycles. The number of hydrogen-bond acceptors (Lipinski definition) is 4. The maximum absolute atomic E-state index is 12.3. The number of methoxy groups -OCH3 is 1. The molecule has 1 unspecified atom stereocenters. The lowest BCUT2D eigenvalue weighted by molar-refractivity contribution is 0.0940. The van der Waals surface area contributed by atoms with Crippen LogP contribution in [0.4, 0.5) is 5.69 Å². The number of phenols is 1. The Morgan fingerprint density at radius 3 is 2.71 bits per heavy atom. The molecule has 0 spiro atoms. The summed E-state index contributed by atoms with van der Waals surface area (Å²) in [6.07, 6.45) is 0. The number of ether oxygens (including phenoxy) is 1. The van der Waals surface area contributed by atoms with Crippen molar-refractivity contribution in [2.24, 2.45) is 0 Å². The Bertz CT molecular complexity index is 656. The van der Waals surface area contributed by atoms with Crippen molar-refractivity contribution in [2.45, 2.75) is 13.0 Å². The smallest absolute Gasteiger partial charge is 0.253 e. The molecule has 0 heterocycles. The first-order valence-electron chi connectivity index (χ1n) is 6.55. The highest BCUT2D eigenvalue weighted by atomic mass is 16.5. The molecule has 0 saturated heterocycles. The number of anilines is 1. The van der Waals surface area contributed by atoms with E-state index >= 15 is 0 Å². The van der Waals surface area contributed by atoms with Crippen molar-refractivity contribution in [1.82, 2.24) is 5.32 Å². The maximum Gasteiger partial charge on any atom is 0.253 e. The first-order chi connectivity index (χ1) is 10.0. The lowest BCUT2D eigenvalue weighted by Gasteiger charge is -2.17. The number of nitrogens with one attached hydrogen (secondary N) is 1. The van der Waals surface area contributed by atoms with Crippen LogP contribution in [-0.2, 0) is 0 Å². The number of benzene rings is 2. The molecule has 21 heavy (non-hydrogen) atoms. The van der Waals surface area contributed by atoms with Crippen LogP contribution in [0.25, 0.3) is 0 Å². The van der Waals surface area contributed by atoms with E-state index in [1.165, 1.54) is 18.2 Å². The normalized spacial score (nSPS) is 11.7. The van der Waals surface area contributed by atoms with Gasteiger partial charge in [-0.25, -0.2) is 0 Å². The predicted molar refractivity (Wildman–Crippen MR) is 81.4 cm³/mol. The highest BCUT2D eigenvalue weighted by Gasteiger charge is 2.16. The van der Waals surface area contributed by atoms with Gasteiger partial charge < -0.3 is 20.9 Å². The molecule has 2 aromatic rings. The summed E-state index contributed by atoms with van der Waals surface area (Å²) >= 11 is 0. The molecule has 5 nitrogen and oxygen atoms in total. The number of nitrogens with two attached hydrogens (primary N) is 1. The van der Waals surface area contributed by atoms with Crippen molar-refractivity contribution < 1.29 is 14.6 Å². The van der Waals surface area contributed by atoms with E-state index in [-0.39, 0.29) is 23.3 Å². The topological polar surface area (TPSA) is 84.6 Å². The largest absolute Gasteiger partial charge is 0.508 e. The molecule has 0 aliphatic heterocycles. The average Bonchev–Trinajstić information content (AvgIpc) is 2.49. The number of phenolic OH excluding ortho intramolecular Hbond substituents is 1. The summed E-state index contributed by atoms with van der Waals surface area (Å²) in [6.45, 7) is 1.86. The van der Waals surface area contributed by atoms with Gasteiger partial charge in [0.25, 0.3) is 5.91 Å². The minimum absolute atomic E-state index is 0.000653. The van der Waals surface area contributed by atoms with Gasteiger partial charge in [0.2, 0.25) is 0 Å². The third-order valence-corrected chi connectivity index (χ3v) is 3.23. The Balaban J connectivity index is 2.21. The van der Waals surface area contributed by atoms with Crippen molar-refractivity contribution in [3.8, 4) is 11.5 Å². The standard InChI is InChI=1S/C16H18N2O3/c1-10(12-5-3-4-6-15(12)21-2)18-16(20)13-9-11(19)7-8-14(13)17/h3-10,19H,17H2,1-2H3,(H,18,20). The van der Waals surface area contributed by atoms with Gasteiger partial charge in [-0.05, 0) is 31.2 Å². The minimum Gasteiger partial charge on any atom is -0.508 e. The number of nitrogen functional groups attached to an aromatic ring is 1. The van der Waals surface area contributed by atoms with Gasteiger partial charge in [0.05, 0.1) is 18.7 Å². The summed E-state index contributed by atoms with van der Waals surface area (Å²) in [7, 11) is 1.58. The second-order valence-electron chi connectivity index (χ2n) is 4.71. The maximum atomic E-state index is 12.3. The molecule has 1 atom stereocenters. The van der Waals surface area contributed by atoms with E-state index in [1.54, 1.807) is 7.11 Å². The lowest BCUT2D eigenvalue weighted by Crippen LogP contribution is -2.27. The van der Waals surface area contributed by atoms with Gasteiger partial charge in [-0.1, -0.05) is 18.2 Å². The molecule has 0 fully saturated rings. The molecular formula is C16H18N2O3. The Hall–Kier alpha value is -2.69.